The second-order valence-electron chi connectivity index (χ2n) is 5.59. The molecule has 3 rings (SSSR count). The fraction of sp³-hybridized carbons (Fsp3) is 0.158. The van der Waals surface area contributed by atoms with Gasteiger partial charge in [0.2, 0.25) is 12.1 Å². The summed E-state index contributed by atoms with van der Waals surface area (Å²) >= 11 is 0. The van der Waals surface area contributed by atoms with Crippen LogP contribution in [-0.2, 0) is 11.3 Å². The summed E-state index contributed by atoms with van der Waals surface area (Å²) < 4.78 is 30.4. The van der Waals surface area contributed by atoms with E-state index < -0.39 is 6.61 Å². The van der Waals surface area contributed by atoms with Crippen molar-refractivity contribution in [1.82, 2.24) is 0 Å². The third kappa shape index (κ3) is 4.67. The van der Waals surface area contributed by atoms with Gasteiger partial charge in [0.25, 0.3) is 5.91 Å². The van der Waals surface area contributed by atoms with Crippen molar-refractivity contribution in [3.05, 3.63) is 66.4 Å². The fourth-order valence-electron chi connectivity index (χ4n) is 2.64. The van der Waals surface area contributed by atoms with Crippen LogP contribution in [-0.4, -0.2) is 12.5 Å². The number of benzene rings is 2. The number of aryl methyl sites for hydroxylation is 1. The van der Waals surface area contributed by atoms with Crippen LogP contribution in [0.1, 0.15) is 5.56 Å². The average Bonchev–Trinajstić information content (AvgIpc) is 2.59. The summed E-state index contributed by atoms with van der Waals surface area (Å²) in [5.41, 5.74) is 2.63. The Labute approximate surface area is 155 Å². The lowest BCUT2D eigenvalue weighted by Gasteiger charge is -2.07. The number of nitrogens with one attached hydrogen (secondary N) is 1. The van der Waals surface area contributed by atoms with E-state index in [1.165, 1.54) is 24.3 Å². The van der Waals surface area contributed by atoms with Crippen LogP contribution < -0.4 is 27.0 Å². The van der Waals surface area contributed by atoms with Gasteiger partial charge in [0.05, 0.1) is 0 Å². The number of nitrogens with zero attached hydrogens (tertiary/aromatic N) is 1. The number of halogens is 3. The molecule has 7 heteroatoms. The lowest BCUT2D eigenvalue weighted by Crippen LogP contribution is -3.00. The predicted octanol–water partition coefficient (Wildman–Crippen LogP) is 0.680. The first-order chi connectivity index (χ1) is 12.0. The highest BCUT2D eigenvalue weighted by atomic mass is 35.5. The number of anilines is 1. The number of carbonyl (C=O) groups is 1. The van der Waals surface area contributed by atoms with E-state index in [1.807, 2.05) is 48.0 Å². The van der Waals surface area contributed by atoms with E-state index in [2.05, 4.69) is 10.1 Å². The van der Waals surface area contributed by atoms with Gasteiger partial charge in [0.1, 0.15) is 5.75 Å². The van der Waals surface area contributed by atoms with E-state index in [0.717, 1.165) is 16.5 Å². The second kappa shape index (κ2) is 8.58. The SMILES string of the molecule is Cc1cc[n+](CC(=O)Nc2ccc(OC(F)F)cc2)c2ccccc12.[Cl-]. The summed E-state index contributed by atoms with van der Waals surface area (Å²) in [6.45, 7) is -0.696. The highest BCUT2D eigenvalue weighted by molar-refractivity contribution is 5.90. The molecule has 0 aliphatic carbocycles. The number of fused-ring (bicyclic) bond motifs is 1. The molecule has 4 nitrogen and oxygen atoms in total. The summed E-state index contributed by atoms with van der Waals surface area (Å²) in [5, 5.41) is 3.84. The van der Waals surface area contributed by atoms with Gasteiger partial charge in [-0.25, -0.2) is 0 Å². The molecular weight excluding hydrogens is 362 g/mol. The van der Waals surface area contributed by atoms with E-state index in [-0.39, 0.29) is 30.6 Å². The molecule has 3 aromatic rings. The third-order valence-electron chi connectivity index (χ3n) is 3.82. The van der Waals surface area contributed by atoms with Gasteiger partial charge in [-0.2, -0.15) is 13.3 Å². The first-order valence-electron chi connectivity index (χ1n) is 7.75. The van der Waals surface area contributed by atoms with Crippen LogP contribution in [0.2, 0.25) is 0 Å². The van der Waals surface area contributed by atoms with Crippen molar-refractivity contribution in [3.8, 4) is 5.75 Å². The first kappa shape index (κ1) is 19.6. The Bertz CT molecular complexity index is 902. The quantitative estimate of drug-likeness (QED) is 0.663. The maximum absolute atomic E-state index is 12.3. The van der Waals surface area contributed by atoms with Crippen LogP contribution >= 0.6 is 0 Å². The summed E-state index contributed by atoms with van der Waals surface area (Å²) in [5.74, 6) is -0.159. The highest BCUT2D eigenvalue weighted by Gasteiger charge is 2.15. The molecule has 2 aromatic carbocycles. The van der Waals surface area contributed by atoms with Crippen molar-refractivity contribution >= 4 is 22.5 Å². The molecule has 1 amide bonds. The molecule has 26 heavy (non-hydrogen) atoms. The maximum atomic E-state index is 12.3. The number of ether oxygens (including phenoxy) is 1. The summed E-state index contributed by atoms with van der Waals surface area (Å²) in [7, 11) is 0. The Kier molecular flexibility index (Phi) is 6.46. The Hall–Kier alpha value is -2.73. The number of hydrogen-bond acceptors (Lipinski definition) is 2. The molecule has 0 saturated carbocycles. The lowest BCUT2D eigenvalue weighted by atomic mass is 10.1. The van der Waals surface area contributed by atoms with E-state index >= 15 is 0 Å². The van der Waals surface area contributed by atoms with Gasteiger partial charge in [-0.05, 0) is 42.8 Å². The molecule has 0 radical (unpaired) electrons. The zero-order valence-corrected chi connectivity index (χ0v) is 14.7. The molecule has 0 unspecified atom stereocenters. The molecule has 0 spiro atoms. The monoisotopic (exact) mass is 378 g/mol. The smallest absolute Gasteiger partial charge is 0.387 e. The van der Waals surface area contributed by atoms with Crippen molar-refractivity contribution in [1.29, 1.82) is 0 Å². The Morgan fingerprint density at radius 2 is 1.81 bits per heavy atom. The van der Waals surface area contributed by atoms with Gasteiger partial charge < -0.3 is 22.5 Å². The molecule has 0 fully saturated rings. The fourth-order valence-corrected chi connectivity index (χ4v) is 2.64. The highest BCUT2D eigenvalue weighted by Crippen LogP contribution is 2.18. The summed E-state index contributed by atoms with van der Waals surface area (Å²) in [4.78, 5) is 12.3. The number of amides is 1. The molecule has 0 saturated heterocycles. The average molecular weight is 379 g/mol. The number of aromatic nitrogens is 1. The zero-order valence-electron chi connectivity index (χ0n) is 14.0. The number of rotatable bonds is 5. The number of para-hydroxylation sites is 1. The Morgan fingerprint density at radius 3 is 2.50 bits per heavy atom. The molecule has 136 valence electrons. The van der Waals surface area contributed by atoms with E-state index in [9.17, 15) is 13.6 Å². The molecule has 0 bridgehead atoms. The number of pyridine rings is 1. The summed E-state index contributed by atoms with van der Waals surface area (Å²) in [6, 6.07) is 15.6. The Morgan fingerprint density at radius 1 is 1.12 bits per heavy atom. The van der Waals surface area contributed by atoms with Crippen molar-refractivity contribution in [3.63, 3.8) is 0 Å². The molecule has 0 aliphatic rings. The van der Waals surface area contributed by atoms with Crippen molar-refractivity contribution in [2.75, 3.05) is 5.32 Å². The molecule has 1 heterocycles. The third-order valence-corrected chi connectivity index (χ3v) is 3.82. The van der Waals surface area contributed by atoms with Crippen molar-refractivity contribution in [2.45, 2.75) is 20.1 Å². The van der Waals surface area contributed by atoms with Gasteiger partial charge in [-0.1, -0.05) is 12.1 Å². The topological polar surface area (TPSA) is 42.2 Å². The van der Waals surface area contributed by atoms with Crippen LogP contribution in [0, 0.1) is 6.92 Å². The van der Waals surface area contributed by atoms with Crippen LogP contribution in [0.5, 0.6) is 5.75 Å². The predicted molar refractivity (Wildman–Crippen MR) is 90.6 cm³/mol. The zero-order chi connectivity index (χ0) is 17.8. The van der Waals surface area contributed by atoms with Gasteiger partial charge in [0, 0.05) is 23.2 Å². The Balaban J connectivity index is 0.00000243. The number of alkyl halides is 2. The first-order valence-corrected chi connectivity index (χ1v) is 7.75. The van der Waals surface area contributed by atoms with Crippen LogP contribution in [0.4, 0.5) is 14.5 Å². The molecule has 0 atom stereocenters. The standard InChI is InChI=1S/C19H16F2N2O2.ClH/c1-13-10-11-23(17-5-3-2-4-16(13)17)12-18(24)22-14-6-8-15(9-7-14)25-19(20)21;/h2-11,19H,12H2,1H3;1H. The van der Waals surface area contributed by atoms with Crippen LogP contribution in [0.25, 0.3) is 10.9 Å². The number of hydrogen-bond donors (Lipinski definition) is 1. The minimum absolute atomic E-state index is 0. The molecule has 0 aliphatic heterocycles. The largest absolute Gasteiger partial charge is 1.00 e. The van der Waals surface area contributed by atoms with Gasteiger partial charge in [0.15, 0.2) is 6.20 Å². The van der Waals surface area contributed by atoms with Crippen LogP contribution in [0.15, 0.2) is 60.8 Å². The van der Waals surface area contributed by atoms with Crippen molar-refractivity contribution in [2.24, 2.45) is 0 Å². The number of carbonyl (C=O) groups excluding carboxylic acids is 1. The van der Waals surface area contributed by atoms with E-state index in [4.69, 9.17) is 0 Å². The summed E-state index contributed by atoms with van der Waals surface area (Å²) in [6.07, 6.45) is 1.87. The molecule has 1 N–H and O–H groups in total. The molecular formula is C19H17ClF2N2O2. The minimum atomic E-state index is -2.87. The van der Waals surface area contributed by atoms with Gasteiger partial charge in [-0.15, -0.1) is 0 Å². The maximum Gasteiger partial charge on any atom is 0.387 e. The minimum Gasteiger partial charge on any atom is -1.00 e. The van der Waals surface area contributed by atoms with E-state index in [0.29, 0.717) is 5.69 Å². The second-order valence-corrected chi connectivity index (χ2v) is 5.59. The van der Waals surface area contributed by atoms with E-state index in [1.54, 1.807) is 0 Å². The van der Waals surface area contributed by atoms with Crippen LogP contribution in [0.3, 0.4) is 0 Å². The molecule has 1 aromatic heterocycles. The lowest BCUT2D eigenvalue weighted by molar-refractivity contribution is -0.658. The van der Waals surface area contributed by atoms with Gasteiger partial charge >= 0.3 is 6.61 Å². The normalized spacial score (nSPS) is 10.5. The van der Waals surface area contributed by atoms with Crippen molar-refractivity contribution < 1.29 is 35.3 Å². The van der Waals surface area contributed by atoms with Gasteiger partial charge in [-0.3, -0.25) is 4.79 Å².